The van der Waals surface area contributed by atoms with E-state index in [0.717, 1.165) is 43.7 Å². The molecular weight excluding hydrogens is 574 g/mol. The van der Waals surface area contributed by atoms with Crippen LogP contribution in [0.2, 0.25) is 0 Å². The van der Waals surface area contributed by atoms with Gasteiger partial charge in [-0.05, 0) is 62.1 Å². The third-order valence-corrected chi connectivity index (χ3v) is 8.22. The van der Waals surface area contributed by atoms with Gasteiger partial charge in [0, 0.05) is 10.0 Å². The molecule has 0 unspecified atom stereocenters. The first kappa shape index (κ1) is 23.8. The van der Waals surface area contributed by atoms with Crippen molar-refractivity contribution >= 4 is 76.5 Å². The standard InChI is InChI=1S/C31H14BrF4NO2/c1-13-25(33)27(35)28(36)29(26(13)34)37-30(38)22-12-9-19-18-6-5-15-14-3-2-4-23(32)20(14)10-7-16(15)17(18)8-11-21(19)24(22)31(37)39/h2-12H,1H3. The fourth-order valence-electron chi connectivity index (χ4n) is 5.64. The summed E-state index contributed by atoms with van der Waals surface area (Å²) in [5.41, 5.74) is -2.19. The Hall–Kier alpha value is -4.30. The summed E-state index contributed by atoms with van der Waals surface area (Å²) >= 11 is 3.60. The van der Waals surface area contributed by atoms with Gasteiger partial charge in [0.1, 0.15) is 5.69 Å². The van der Waals surface area contributed by atoms with Crippen molar-refractivity contribution in [1.29, 1.82) is 0 Å². The van der Waals surface area contributed by atoms with E-state index in [1.54, 1.807) is 12.1 Å². The van der Waals surface area contributed by atoms with Crippen LogP contribution in [0.15, 0.2) is 71.2 Å². The van der Waals surface area contributed by atoms with Crippen LogP contribution in [0.1, 0.15) is 26.3 Å². The predicted octanol–water partition coefficient (Wildman–Crippen LogP) is 8.73. The smallest absolute Gasteiger partial charge is 0.266 e. The molecule has 3 nitrogen and oxygen atoms in total. The zero-order chi connectivity index (χ0) is 27.3. The first-order valence-electron chi connectivity index (χ1n) is 11.9. The molecule has 0 saturated carbocycles. The Morgan fingerprint density at radius 2 is 1.08 bits per heavy atom. The molecule has 6 aromatic carbocycles. The second-order valence-electron chi connectivity index (χ2n) is 9.48. The van der Waals surface area contributed by atoms with E-state index in [1.165, 1.54) is 6.07 Å². The number of benzene rings is 6. The number of rotatable bonds is 1. The Morgan fingerprint density at radius 3 is 1.72 bits per heavy atom. The molecule has 0 bridgehead atoms. The van der Waals surface area contributed by atoms with Crippen molar-refractivity contribution in [3.63, 3.8) is 0 Å². The summed E-state index contributed by atoms with van der Waals surface area (Å²) in [4.78, 5) is 27.0. The third-order valence-electron chi connectivity index (χ3n) is 7.53. The highest BCUT2D eigenvalue weighted by Gasteiger charge is 2.42. The van der Waals surface area contributed by atoms with E-state index in [9.17, 15) is 27.2 Å². The molecule has 0 spiro atoms. The topological polar surface area (TPSA) is 37.4 Å². The van der Waals surface area contributed by atoms with Crippen LogP contribution in [0, 0.1) is 30.2 Å². The molecule has 6 aromatic rings. The molecular formula is C31H14BrF4NO2. The number of amides is 2. The zero-order valence-electron chi connectivity index (χ0n) is 20.0. The van der Waals surface area contributed by atoms with Crippen molar-refractivity contribution in [3.8, 4) is 0 Å². The van der Waals surface area contributed by atoms with Crippen LogP contribution in [0.25, 0.3) is 43.1 Å². The Morgan fingerprint density at radius 1 is 0.564 bits per heavy atom. The number of fused-ring (bicyclic) bond motifs is 9. The molecule has 1 heterocycles. The van der Waals surface area contributed by atoms with Crippen LogP contribution in [0.3, 0.4) is 0 Å². The number of hydrogen-bond acceptors (Lipinski definition) is 2. The lowest BCUT2D eigenvalue weighted by Crippen LogP contribution is -2.32. The number of hydrogen-bond donors (Lipinski definition) is 0. The predicted molar refractivity (Wildman–Crippen MR) is 146 cm³/mol. The van der Waals surface area contributed by atoms with Gasteiger partial charge in [-0.1, -0.05) is 70.5 Å². The van der Waals surface area contributed by atoms with Gasteiger partial charge >= 0.3 is 0 Å². The van der Waals surface area contributed by atoms with Crippen LogP contribution in [0.5, 0.6) is 0 Å². The van der Waals surface area contributed by atoms with Gasteiger partial charge in [0.25, 0.3) is 11.8 Å². The second kappa shape index (κ2) is 8.10. The molecule has 39 heavy (non-hydrogen) atoms. The monoisotopic (exact) mass is 587 g/mol. The largest absolute Gasteiger partial charge is 0.268 e. The van der Waals surface area contributed by atoms with Crippen LogP contribution in [-0.2, 0) is 0 Å². The van der Waals surface area contributed by atoms with Crippen LogP contribution in [0.4, 0.5) is 23.2 Å². The van der Waals surface area contributed by atoms with Crippen molar-refractivity contribution in [1.82, 2.24) is 0 Å². The molecule has 0 saturated heterocycles. The van der Waals surface area contributed by atoms with Gasteiger partial charge in [-0.3, -0.25) is 9.59 Å². The molecule has 2 amide bonds. The minimum absolute atomic E-state index is 0.0527. The SMILES string of the molecule is Cc1c(F)c(F)c(F)c(N2C(=O)c3ccc4c(ccc5c4ccc4c6cccc(Br)c6ccc45)c3C2=O)c1F. The third kappa shape index (κ3) is 3.03. The van der Waals surface area contributed by atoms with Crippen molar-refractivity contribution in [2.75, 3.05) is 4.90 Å². The second-order valence-corrected chi connectivity index (χ2v) is 10.3. The van der Waals surface area contributed by atoms with Crippen LogP contribution in [-0.4, -0.2) is 11.8 Å². The van der Waals surface area contributed by atoms with Gasteiger partial charge in [-0.25, -0.2) is 22.5 Å². The number of halogens is 5. The van der Waals surface area contributed by atoms with E-state index in [-0.39, 0.29) is 16.0 Å². The number of carbonyl (C=O) groups is 2. The van der Waals surface area contributed by atoms with E-state index in [0.29, 0.717) is 10.8 Å². The molecule has 0 radical (unpaired) electrons. The van der Waals surface area contributed by atoms with E-state index in [1.807, 2.05) is 48.5 Å². The number of nitrogens with zero attached hydrogens (tertiary/aromatic N) is 1. The maximum absolute atomic E-state index is 14.9. The molecule has 7 rings (SSSR count). The summed E-state index contributed by atoms with van der Waals surface area (Å²) in [7, 11) is 0. The maximum atomic E-state index is 14.9. The van der Waals surface area contributed by atoms with Gasteiger partial charge in [-0.15, -0.1) is 0 Å². The summed E-state index contributed by atoms with van der Waals surface area (Å²) in [5.74, 6) is -9.15. The van der Waals surface area contributed by atoms with Gasteiger partial charge in [0.2, 0.25) is 0 Å². The lowest BCUT2D eigenvalue weighted by molar-refractivity contribution is 0.0923. The van der Waals surface area contributed by atoms with Crippen LogP contribution < -0.4 is 4.90 Å². The van der Waals surface area contributed by atoms with E-state index < -0.39 is 46.3 Å². The molecule has 1 aliphatic rings. The first-order chi connectivity index (χ1) is 18.7. The van der Waals surface area contributed by atoms with Gasteiger partial charge in [0.15, 0.2) is 23.3 Å². The minimum Gasteiger partial charge on any atom is -0.268 e. The van der Waals surface area contributed by atoms with Crippen molar-refractivity contribution in [2.45, 2.75) is 6.92 Å². The Bertz CT molecular complexity index is 2110. The highest BCUT2D eigenvalue weighted by molar-refractivity contribution is 9.10. The highest BCUT2D eigenvalue weighted by Crippen LogP contribution is 2.41. The molecule has 0 aliphatic carbocycles. The molecule has 0 fully saturated rings. The molecule has 1 aliphatic heterocycles. The van der Waals surface area contributed by atoms with Gasteiger partial charge < -0.3 is 0 Å². The lowest BCUT2D eigenvalue weighted by atomic mass is 9.92. The average Bonchev–Trinajstić information content (AvgIpc) is 3.20. The molecule has 0 N–H and O–H groups in total. The fraction of sp³-hybridized carbons (Fsp3) is 0.0323. The molecule has 0 aromatic heterocycles. The van der Waals surface area contributed by atoms with Crippen molar-refractivity contribution in [2.24, 2.45) is 0 Å². The number of carbonyl (C=O) groups excluding carboxylic acids is 2. The Kier molecular flexibility index (Phi) is 4.94. The summed E-state index contributed by atoms with van der Waals surface area (Å²) < 4.78 is 58.7. The van der Waals surface area contributed by atoms with E-state index >= 15 is 0 Å². The minimum atomic E-state index is -1.96. The van der Waals surface area contributed by atoms with Crippen molar-refractivity contribution < 1.29 is 27.2 Å². The highest BCUT2D eigenvalue weighted by atomic mass is 79.9. The summed E-state index contributed by atoms with van der Waals surface area (Å²) in [6.07, 6.45) is 0. The summed E-state index contributed by atoms with van der Waals surface area (Å²) in [6.45, 7) is 0.905. The molecule has 190 valence electrons. The fourth-order valence-corrected chi connectivity index (χ4v) is 6.13. The van der Waals surface area contributed by atoms with Gasteiger partial charge in [0.05, 0.1) is 11.1 Å². The van der Waals surface area contributed by atoms with E-state index in [4.69, 9.17) is 0 Å². The van der Waals surface area contributed by atoms with Crippen LogP contribution >= 0.6 is 15.9 Å². The number of anilines is 1. The average molecular weight is 588 g/mol. The molecule has 0 atom stereocenters. The molecule has 8 heteroatoms. The normalized spacial score (nSPS) is 13.4. The van der Waals surface area contributed by atoms with Gasteiger partial charge in [-0.2, -0.15) is 0 Å². The number of imide groups is 1. The van der Waals surface area contributed by atoms with E-state index in [2.05, 4.69) is 15.9 Å². The first-order valence-corrected chi connectivity index (χ1v) is 12.7. The summed E-state index contributed by atoms with van der Waals surface area (Å²) in [5, 5.41) is 6.97. The lowest BCUT2D eigenvalue weighted by Gasteiger charge is -2.17. The quantitative estimate of drug-likeness (QED) is 0.0634. The Balaban J connectivity index is 1.47. The Labute approximate surface area is 226 Å². The summed E-state index contributed by atoms with van der Waals surface area (Å²) in [6, 6.07) is 20.6. The zero-order valence-corrected chi connectivity index (χ0v) is 21.6. The van der Waals surface area contributed by atoms with Crippen molar-refractivity contribution in [3.05, 3.63) is 111 Å². The maximum Gasteiger partial charge on any atom is 0.266 e.